The Balaban J connectivity index is 1.95. The van der Waals surface area contributed by atoms with Crippen molar-refractivity contribution in [3.8, 4) is 0 Å². The first-order valence-corrected chi connectivity index (χ1v) is 7.63. The van der Waals surface area contributed by atoms with Crippen LogP contribution in [0.2, 0.25) is 0 Å². The molecular weight excluding hydrogens is 375 g/mol. The fourth-order valence-electron chi connectivity index (χ4n) is 2.18. The van der Waals surface area contributed by atoms with Gasteiger partial charge in [-0.2, -0.15) is 0 Å². The predicted octanol–water partition coefficient (Wildman–Crippen LogP) is 4.33. The number of hydrogen-bond donors (Lipinski definition) is 0. The van der Waals surface area contributed by atoms with Crippen molar-refractivity contribution in [2.24, 2.45) is 0 Å². The number of hydrogen-bond acceptors (Lipinski definition) is 3. The summed E-state index contributed by atoms with van der Waals surface area (Å²) in [6.07, 6.45) is 0. The molecule has 4 heteroatoms. The van der Waals surface area contributed by atoms with Crippen LogP contribution in [-0.4, -0.2) is 19.9 Å². The van der Waals surface area contributed by atoms with Gasteiger partial charge in [-0.05, 0) is 71.1 Å². The predicted molar refractivity (Wildman–Crippen MR) is 93.1 cm³/mol. The highest BCUT2D eigenvalue weighted by atomic mass is 125. The molecule has 0 aliphatic rings. The number of nitrogens with zero attached hydrogens (tertiary/aromatic N) is 1. The molecule has 3 nitrogen and oxygen atoms in total. The monoisotopic (exact) mass is 389 g/mol. The van der Waals surface area contributed by atoms with E-state index in [-0.39, 0.29) is 5.78 Å². The van der Waals surface area contributed by atoms with Crippen LogP contribution >= 0.6 is 22.6 Å². The molecule has 0 saturated heterocycles. The third-order valence-corrected chi connectivity index (χ3v) is 4.02. The zero-order chi connectivity index (χ0) is 15.0. The second-order valence-electron chi connectivity index (χ2n) is 5.06. The van der Waals surface area contributed by atoms with Crippen molar-refractivity contribution in [1.29, 1.82) is 0 Å². The minimum absolute atomic E-state index is 0.0912. The molecule has 0 aliphatic heterocycles. The van der Waals surface area contributed by atoms with Crippen LogP contribution in [0.15, 0.2) is 52.9 Å². The zero-order valence-electron chi connectivity index (χ0n) is 11.8. The first-order valence-electron chi connectivity index (χ1n) is 6.56. The van der Waals surface area contributed by atoms with Gasteiger partial charge >= 0.3 is 0 Å². The van der Waals surface area contributed by atoms with Gasteiger partial charge in [-0.1, -0.05) is 0 Å². The Morgan fingerprint density at radius 2 is 1.76 bits per heavy atom. The molecule has 0 spiro atoms. The van der Waals surface area contributed by atoms with E-state index in [1.807, 2.05) is 61.5 Å². The molecule has 1 heterocycles. The molecule has 3 rings (SSSR count). The van der Waals surface area contributed by atoms with E-state index in [0.29, 0.717) is 11.3 Å². The number of fused-ring (bicyclic) bond motifs is 1. The molecule has 0 fully saturated rings. The summed E-state index contributed by atoms with van der Waals surface area (Å²) in [5, 5.41) is 0.954. The summed E-state index contributed by atoms with van der Waals surface area (Å²) < 4.78 is 6.77. The van der Waals surface area contributed by atoms with Crippen LogP contribution in [0.25, 0.3) is 11.0 Å². The molecule has 0 N–H and O–H groups in total. The van der Waals surface area contributed by atoms with E-state index in [1.54, 1.807) is 6.07 Å². The summed E-state index contributed by atoms with van der Waals surface area (Å²) in [6, 6.07) is 15.2. The van der Waals surface area contributed by atoms with Gasteiger partial charge in [-0.15, -0.1) is 0 Å². The fourth-order valence-corrected chi connectivity index (χ4v) is 2.69. The number of rotatable bonds is 3. The molecule has 0 bridgehead atoms. The molecule has 0 amide bonds. The topological polar surface area (TPSA) is 33.5 Å². The molecule has 0 saturated carbocycles. The summed E-state index contributed by atoms with van der Waals surface area (Å²) in [5.41, 5.74) is 2.43. The lowest BCUT2D eigenvalue weighted by molar-refractivity contribution is 0.101. The maximum absolute atomic E-state index is 12.5. The number of anilines is 1. The Labute approximate surface area is 136 Å². The maximum Gasteiger partial charge on any atom is 0.228 e. The van der Waals surface area contributed by atoms with Gasteiger partial charge in [0.1, 0.15) is 5.58 Å². The average molecular weight is 389 g/mol. The first kappa shape index (κ1) is 14.1. The smallest absolute Gasteiger partial charge is 0.228 e. The molecule has 1 aromatic heterocycles. The van der Waals surface area contributed by atoms with Crippen LogP contribution in [-0.2, 0) is 0 Å². The first-order chi connectivity index (χ1) is 10.0. The second kappa shape index (κ2) is 5.52. The van der Waals surface area contributed by atoms with Crippen molar-refractivity contribution in [1.82, 2.24) is 0 Å². The largest absolute Gasteiger partial charge is 0.453 e. The minimum atomic E-state index is -0.0912. The van der Waals surface area contributed by atoms with Crippen molar-refractivity contribution in [3.63, 3.8) is 0 Å². The van der Waals surface area contributed by atoms with Gasteiger partial charge in [-0.25, -0.2) is 0 Å². The number of carbonyl (C=O) groups is 1. The highest BCUT2D eigenvalue weighted by Gasteiger charge is 2.14. The lowest BCUT2D eigenvalue weighted by atomic mass is 10.1. The number of furan rings is 1. The van der Waals surface area contributed by atoms with Crippen molar-refractivity contribution < 1.29 is 9.21 Å². The van der Waals surface area contributed by atoms with Crippen LogP contribution in [0.1, 0.15) is 16.1 Å². The highest BCUT2D eigenvalue weighted by molar-refractivity contribution is 14.1. The van der Waals surface area contributed by atoms with Gasteiger partial charge in [0.15, 0.2) is 5.76 Å². The number of benzene rings is 2. The second-order valence-corrected chi connectivity index (χ2v) is 6.31. The van der Waals surface area contributed by atoms with E-state index in [1.165, 1.54) is 0 Å². The molecular formula is C17H14INO2. The van der Waals surface area contributed by atoms with Gasteiger partial charge in [0.25, 0.3) is 0 Å². The van der Waals surface area contributed by atoms with Gasteiger partial charge in [0.2, 0.25) is 5.78 Å². The summed E-state index contributed by atoms with van der Waals surface area (Å²) >= 11 is 2.24. The van der Waals surface area contributed by atoms with E-state index in [4.69, 9.17) is 4.42 Å². The quantitative estimate of drug-likeness (QED) is 0.494. The lowest BCUT2D eigenvalue weighted by Gasteiger charge is -2.12. The normalized spacial score (nSPS) is 10.8. The average Bonchev–Trinajstić information content (AvgIpc) is 2.89. The van der Waals surface area contributed by atoms with E-state index in [9.17, 15) is 4.79 Å². The van der Waals surface area contributed by atoms with Gasteiger partial charge in [0, 0.05) is 34.3 Å². The van der Waals surface area contributed by atoms with E-state index >= 15 is 0 Å². The van der Waals surface area contributed by atoms with Gasteiger partial charge in [0.05, 0.1) is 0 Å². The van der Waals surface area contributed by atoms with Crippen molar-refractivity contribution in [3.05, 3.63) is 63.4 Å². The molecule has 0 radical (unpaired) electrons. The summed E-state index contributed by atoms with van der Waals surface area (Å²) in [5.74, 6) is 0.288. The molecule has 0 atom stereocenters. The molecule has 0 aliphatic carbocycles. The maximum atomic E-state index is 12.5. The van der Waals surface area contributed by atoms with Crippen LogP contribution in [0.4, 0.5) is 5.69 Å². The molecule has 106 valence electrons. The van der Waals surface area contributed by atoms with Crippen molar-refractivity contribution in [2.75, 3.05) is 19.0 Å². The van der Waals surface area contributed by atoms with Crippen molar-refractivity contribution in [2.45, 2.75) is 0 Å². The number of halogens is 1. The Morgan fingerprint density at radius 1 is 1.05 bits per heavy atom. The Morgan fingerprint density at radius 3 is 2.43 bits per heavy atom. The number of carbonyl (C=O) groups excluding carboxylic acids is 1. The van der Waals surface area contributed by atoms with E-state index < -0.39 is 0 Å². The molecule has 21 heavy (non-hydrogen) atoms. The van der Waals surface area contributed by atoms with E-state index in [0.717, 1.165) is 20.2 Å². The Bertz CT molecular complexity index is 803. The minimum Gasteiger partial charge on any atom is -0.453 e. The van der Waals surface area contributed by atoms with Crippen molar-refractivity contribution >= 4 is 45.0 Å². The number of ketones is 1. The fraction of sp³-hybridized carbons (Fsp3) is 0.118. The third kappa shape index (κ3) is 2.81. The molecule has 0 unspecified atom stereocenters. The van der Waals surface area contributed by atoms with Crippen LogP contribution < -0.4 is 4.90 Å². The standard InChI is InChI=1S/C17H14INO2/c1-19(2)14-6-3-11(4-7-14)17(20)16-10-12-9-13(18)5-8-15(12)21-16/h3-10H,1-2H3/i18-2. The van der Waals surface area contributed by atoms with E-state index in [2.05, 4.69) is 22.6 Å². The lowest BCUT2D eigenvalue weighted by Crippen LogP contribution is -2.08. The van der Waals surface area contributed by atoms with Crippen LogP contribution in [0, 0.1) is 3.57 Å². The molecule has 3 aromatic rings. The van der Waals surface area contributed by atoms with Gasteiger partial charge < -0.3 is 9.32 Å². The summed E-state index contributed by atoms with van der Waals surface area (Å²) in [7, 11) is 3.94. The molecule has 2 aromatic carbocycles. The SMILES string of the molecule is CN(C)c1ccc(C(=O)c2cc3cc([125I])ccc3o2)cc1. The Hall–Kier alpha value is -1.82. The summed E-state index contributed by atoms with van der Waals surface area (Å²) in [6.45, 7) is 0. The zero-order valence-corrected chi connectivity index (χ0v) is 13.9. The summed E-state index contributed by atoms with van der Waals surface area (Å²) in [4.78, 5) is 14.5. The Kier molecular flexibility index (Phi) is 3.71. The van der Waals surface area contributed by atoms with Crippen LogP contribution in [0.3, 0.4) is 0 Å². The third-order valence-electron chi connectivity index (χ3n) is 3.35. The highest BCUT2D eigenvalue weighted by Crippen LogP contribution is 2.24. The van der Waals surface area contributed by atoms with Crippen LogP contribution in [0.5, 0.6) is 0 Å². The van der Waals surface area contributed by atoms with Gasteiger partial charge in [-0.3, -0.25) is 4.79 Å².